The quantitative estimate of drug-likeness (QED) is 0.231. The van der Waals surface area contributed by atoms with Crippen LogP contribution in [0.3, 0.4) is 0 Å². The summed E-state index contributed by atoms with van der Waals surface area (Å²) in [6.07, 6.45) is 6.83. The predicted octanol–water partition coefficient (Wildman–Crippen LogP) is 4.47. The molecular weight excluding hydrogens is 460 g/mol. The average Bonchev–Trinajstić information content (AvgIpc) is 2.89. The summed E-state index contributed by atoms with van der Waals surface area (Å²) in [7, 11) is 1.91. The lowest BCUT2D eigenvalue weighted by Crippen LogP contribution is -2.57. The van der Waals surface area contributed by atoms with Crippen LogP contribution in [0.5, 0.6) is 5.75 Å². The molecule has 9 heteroatoms. The van der Waals surface area contributed by atoms with Crippen LogP contribution in [-0.2, 0) is 4.74 Å². The molecule has 0 amide bonds. The Bertz CT molecular complexity index is 1190. The van der Waals surface area contributed by atoms with E-state index in [1.165, 1.54) is 0 Å². The first-order valence-electron chi connectivity index (χ1n) is 11.6. The van der Waals surface area contributed by atoms with Crippen LogP contribution in [0, 0.1) is 0 Å². The van der Waals surface area contributed by atoms with E-state index in [1.54, 1.807) is 18.7 Å². The second-order valence-electron chi connectivity index (χ2n) is 8.29. The number of thiol groups is 1. The van der Waals surface area contributed by atoms with Crippen LogP contribution >= 0.6 is 12.6 Å². The van der Waals surface area contributed by atoms with Crippen molar-refractivity contribution in [3.05, 3.63) is 48.8 Å². The molecule has 3 aliphatic heterocycles. The third kappa shape index (κ3) is 5.42. The molecule has 3 aromatic rings. The molecule has 0 spiro atoms. The number of likely N-dealkylation sites (N-methyl/N-ethyl adjacent to an activating group) is 1. The Labute approximate surface area is 211 Å². The summed E-state index contributed by atoms with van der Waals surface area (Å²) in [5.74, 6) is 1.44. The molecule has 6 rings (SSSR count). The van der Waals surface area contributed by atoms with Crippen molar-refractivity contribution in [1.82, 2.24) is 15.3 Å². The molecule has 2 atom stereocenters. The minimum absolute atomic E-state index is 0.322. The van der Waals surface area contributed by atoms with Crippen molar-refractivity contribution in [2.75, 3.05) is 49.8 Å². The molecule has 3 saturated heterocycles. The van der Waals surface area contributed by atoms with Crippen LogP contribution in [0.15, 0.2) is 48.2 Å². The first kappa shape index (κ1) is 25.0. The molecule has 0 radical (unpaired) electrons. The van der Waals surface area contributed by atoms with Crippen LogP contribution in [0.2, 0.25) is 0 Å². The van der Waals surface area contributed by atoms with E-state index < -0.39 is 0 Å². The maximum Gasteiger partial charge on any atom is 0.145 e. The van der Waals surface area contributed by atoms with E-state index in [1.807, 2.05) is 25.2 Å². The Morgan fingerprint density at radius 3 is 2.69 bits per heavy atom. The van der Waals surface area contributed by atoms with Gasteiger partial charge in [0, 0.05) is 49.1 Å². The lowest BCUT2D eigenvalue weighted by atomic mass is 9.98. The van der Waals surface area contributed by atoms with Crippen LogP contribution < -0.4 is 20.3 Å². The number of fused-ring (bicyclic) bond motifs is 3. The van der Waals surface area contributed by atoms with Gasteiger partial charge in [0.15, 0.2) is 0 Å². The van der Waals surface area contributed by atoms with Crippen LogP contribution in [0.25, 0.3) is 17.0 Å². The van der Waals surface area contributed by atoms with E-state index in [-0.39, 0.29) is 0 Å². The molecule has 3 aliphatic rings. The summed E-state index contributed by atoms with van der Waals surface area (Å²) < 4.78 is 12.0. The van der Waals surface area contributed by atoms with Gasteiger partial charge in [-0.1, -0.05) is 12.7 Å². The van der Waals surface area contributed by atoms with Gasteiger partial charge in [-0.15, -0.1) is 0 Å². The van der Waals surface area contributed by atoms with Crippen molar-refractivity contribution < 1.29 is 9.47 Å². The first-order valence-corrected chi connectivity index (χ1v) is 12.5. The third-order valence-electron chi connectivity index (χ3n) is 6.10. The van der Waals surface area contributed by atoms with Crippen molar-refractivity contribution >= 4 is 59.2 Å². The molecule has 0 aliphatic carbocycles. The fourth-order valence-electron chi connectivity index (χ4n) is 4.44. The normalized spacial score (nSPS) is 18.2. The maximum absolute atomic E-state index is 6.21. The second-order valence-corrected chi connectivity index (χ2v) is 8.29. The summed E-state index contributed by atoms with van der Waals surface area (Å²) in [4.78, 5) is 15.5. The van der Waals surface area contributed by atoms with Crippen molar-refractivity contribution in [3.63, 3.8) is 0 Å². The van der Waals surface area contributed by atoms with Crippen LogP contribution in [0.1, 0.15) is 12.0 Å². The van der Waals surface area contributed by atoms with Gasteiger partial charge in [-0.2, -0.15) is 12.6 Å². The Morgan fingerprint density at radius 1 is 1.23 bits per heavy atom. The van der Waals surface area contributed by atoms with Gasteiger partial charge in [-0.25, -0.2) is 9.97 Å². The zero-order valence-electron chi connectivity index (χ0n) is 20.2. The topological polar surface area (TPSA) is 83.9 Å². The summed E-state index contributed by atoms with van der Waals surface area (Å²) in [5.41, 5.74) is 4.48. The number of anilines is 3. The summed E-state index contributed by atoms with van der Waals surface area (Å²) >= 11 is 3.53. The van der Waals surface area contributed by atoms with Gasteiger partial charge in [0.2, 0.25) is 0 Å². The molecule has 8 nitrogen and oxygen atoms in total. The van der Waals surface area contributed by atoms with Crippen molar-refractivity contribution in [2.24, 2.45) is 4.99 Å². The third-order valence-corrected chi connectivity index (χ3v) is 6.10. The standard InChI is InChI=1S/C25H28N6O2.CH4S/c1-4-16-9-17(5-6-21(16)27-3)30-25-24-22(28-15-29-25)10-18(11-23(24)32-8-7-26-2)31-13-19-12-20(14-31)33-19;1-2/h4-6,9-11,15,19-20,26H,1,3,7-8,12-14H2,2H3,(H,28,29,30);2H,1H3. The van der Waals surface area contributed by atoms with Crippen molar-refractivity contribution in [2.45, 2.75) is 18.6 Å². The predicted molar refractivity (Wildman–Crippen MR) is 148 cm³/mol. The number of ether oxygens (including phenoxy) is 2. The van der Waals surface area contributed by atoms with Crippen molar-refractivity contribution in [3.8, 4) is 5.75 Å². The number of aliphatic imine (C=N–C) groups is 1. The average molecular weight is 493 g/mol. The number of benzene rings is 2. The summed E-state index contributed by atoms with van der Waals surface area (Å²) in [6.45, 7) is 10.6. The SMILES string of the molecule is C=Cc1cc(Nc2ncnc3cc(N4CC5CC(C4)O5)cc(OCCNC)c23)ccc1N=C.CS. The molecule has 3 fully saturated rings. The Hall–Kier alpha value is -3.14. The van der Waals surface area contributed by atoms with Gasteiger partial charge in [-0.3, -0.25) is 4.99 Å². The zero-order chi connectivity index (χ0) is 24.8. The van der Waals surface area contributed by atoms with Gasteiger partial charge >= 0.3 is 0 Å². The summed E-state index contributed by atoms with van der Waals surface area (Å²) in [5, 5.41) is 7.41. The molecule has 0 saturated carbocycles. The highest BCUT2D eigenvalue weighted by Crippen LogP contribution is 2.39. The molecule has 184 valence electrons. The number of morpholine rings is 1. The Morgan fingerprint density at radius 2 is 2.00 bits per heavy atom. The van der Waals surface area contributed by atoms with Gasteiger partial charge in [0.05, 0.1) is 28.8 Å². The van der Waals surface area contributed by atoms with E-state index in [2.05, 4.69) is 68.6 Å². The second kappa shape index (κ2) is 11.5. The zero-order valence-corrected chi connectivity index (χ0v) is 21.1. The number of nitrogens with one attached hydrogen (secondary N) is 2. The fraction of sp³-hybridized carbons (Fsp3) is 0.346. The van der Waals surface area contributed by atoms with Gasteiger partial charge in [0.25, 0.3) is 0 Å². The Balaban J connectivity index is 0.00000141. The van der Waals surface area contributed by atoms with Crippen LogP contribution in [-0.4, -0.2) is 68.4 Å². The van der Waals surface area contributed by atoms with E-state index in [0.29, 0.717) is 24.6 Å². The number of aromatic nitrogens is 2. The highest BCUT2D eigenvalue weighted by atomic mass is 32.1. The molecule has 2 bridgehead atoms. The minimum atomic E-state index is 0.322. The monoisotopic (exact) mass is 492 g/mol. The largest absolute Gasteiger partial charge is 0.491 e. The van der Waals surface area contributed by atoms with E-state index in [4.69, 9.17) is 9.47 Å². The van der Waals surface area contributed by atoms with Gasteiger partial charge < -0.3 is 25.0 Å². The molecular formula is C26H32N6O2S. The highest BCUT2D eigenvalue weighted by molar-refractivity contribution is 7.79. The first-order chi connectivity index (χ1) is 17.2. The van der Waals surface area contributed by atoms with E-state index in [0.717, 1.165) is 65.3 Å². The number of hydrogen-bond donors (Lipinski definition) is 3. The van der Waals surface area contributed by atoms with E-state index in [9.17, 15) is 0 Å². The lowest BCUT2D eigenvalue weighted by Gasteiger charge is -2.48. The number of piperidine rings is 1. The molecule has 35 heavy (non-hydrogen) atoms. The summed E-state index contributed by atoms with van der Waals surface area (Å²) in [6, 6.07) is 10.0. The number of hydrogen-bond acceptors (Lipinski definition) is 9. The molecule has 2 unspecified atom stereocenters. The van der Waals surface area contributed by atoms with E-state index >= 15 is 0 Å². The molecule has 2 aromatic carbocycles. The number of rotatable bonds is 9. The maximum atomic E-state index is 6.21. The molecule has 1 aromatic heterocycles. The molecule has 4 heterocycles. The van der Waals surface area contributed by atoms with Crippen molar-refractivity contribution in [1.29, 1.82) is 0 Å². The van der Waals surface area contributed by atoms with Gasteiger partial charge in [0.1, 0.15) is 24.5 Å². The fourth-order valence-corrected chi connectivity index (χ4v) is 4.44. The van der Waals surface area contributed by atoms with Gasteiger partial charge in [-0.05, 0) is 44.3 Å². The molecule has 2 N–H and O–H groups in total. The number of nitrogens with zero attached hydrogens (tertiary/aromatic N) is 4. The van der Waals surface area contributed by atoms with Crippen LogP contribution in [0.4, 0.5) is 22.9 Å². The Kier molecular flexibility index (Phi) is 8.22. The smallest absolute Gasteiger partial charge is 0.145 e. The minimum Gasteiger partial charge on any atom is -0.491 e. The lowest BCUT2D eigenvalue weighted by molar-refractivity contribution is -0.133. The highest BCUT2D eigenvalue weighted by Gasteiger charge is 2.38.